The summed E-state index contributed by atoms with van der Waals surface area (Å²) in [6.07, 6.45) is 0. The van der Waals surface area contributed by atoms with Crippen LogP contribution >= 0.6 is 0 Å². The van der Waals surface area contributed by atoms with Crippen molar-refractivity contribution in [1.29, 1.82) is 0 Å². The summed E-state index contributed by atoms with van der Waals surface area (Å²) in [6.45, 7) is 1.87. The molecule has 0 heterocycles. The van der Waals surface area contributed by atoms with Gasteiger partial charge in [-0.15, -0.1) is 0 Å². The minimum absolute atomic E-state index is 0.490. The second kappa shape index (κ2) is 6.10. The topological polar surface area (TPSA) is 44.5 Å². The molecule has 0 saturated carbocycles. The van der Waals surface area contributed by atoms with Crippen molar-refractivity contribution in [3.63, 3.8) is 0 Å². The molecular formula is C16H17F2NO2. The number of rotatable bonds is 4. The molecule has 0 radical (unpaired) electrons. The largest absolute Gasteiger partial charge is 0.493 e. The van der Waals surface area contributed by atoms with E-state index in [1.165, 1.54) is 13.2 Å². The van der Waals surface area contributed by atoms with Crippen LogP contribution in [-0.4, -0.2) is 14.2 Å². The van der Waals surface area contributed by atoms with Crippen molar-refractivity contribution in [2.45, 2.75) is 13.0 Å². The third-order valence-corrected chi connectivity index (χ3v) is 3.41. The third-order valence-electron chi connectivity index (χ3n) is 3.41. The standard InChI is InChI=1S/C16H17F2NO2/c1-9-6-14(20-2)15(21-3)8-11(9)16(19)10-4-5-12(17)13(18)7-10/h4-8,16H,19H2,1-3H3. The van der Waals surface area contributed by atoms with Crippen molar-refractivity contribution in [1.82, 2.24) is 0 Å². The lowest BCUT2D eigenvalue weighted by Gasteiger charge is -2.18. The first-order valence-electron chi connectivity index (χ1n) is 6.41. The maximum absolute atomic E-state index is 13.3. The van der Waals surface area contributed by atoms with E-state index in [-0.39, 0.29) is 0 Å². The van der Waals surface area contributed by atoms with Crippen molar-refractivity contribution >= 4 is 0 Å². The molecule has 0 spiro atoms. The summed E-state index contributed by atoms with van der Waals surface area (Å²) in [5, 5.41) is 0. The van der Waals surface area contributed by atoms with Gasteiger partial charge in [-0.05, 0) is 47.9 Å². The van der Waals surface area contributed by atoms with Crippen molar-refractivity contribution in [2.24, 2.45) is 5.73 Å². The highest BCUT2D eigenvalue weighted by molar-refractivity contribution is 5.50. The average Bonchev–Trinajstić information content (AvgIpc) is 2.49. The molecule has 2 aromatic rings. The van der Waals surface area contributed by atoms with E-state index in [1.807, 2.05) is 6.92 Å². The number of hydrogen-bond donors (Lipinski definition) is 1. The zero-order valence-electron chi connectivity index (χ0n) is 12.1. The lowest BCUT2D eigenvalue weighted by atomic mass is 9.95. The fraction of sp³-hybridized carbons (Fsp3) is 0.250. The highest BCUT2D eigenvalue weighted by Gasteiger charge is 2.17. The molecule has 2 rings (SSSR count). The lowest BCUT2D eigenvalue weighted by Crippen LogP contribution is -2.14. The van der Waals surface area contributed by atoms with Crippen LogP contribution in [0.25, 0.3) is 0 Å². The molecule has 0 amide bonds. The Morgan fingerprint density at radius 3 is 2.14 bits per heavy atom. The summed E-state index contributed by atoms with van der Waals surface area (Å²) < 4.78 is 36.8. The van der Waals surface area contributed by atoms with Crippen LogP contribution in [0.2, 0.25) is 0 Å². The highest BCUT2D eigenvalue weighted by Crippen LogP contribution is 2.34. The highest BCUT2D eigenvalue weighted by atomic mass is 19.2. The molecule has 3 nitrogen and oxygen atoms in total. The molecule has 0 aliphatic heterocycles. The van der Waals surface area contributed by atoms with Crippen LogP contribution in [0.5, 0.6) is 11.5 Å². The Morgan fingerprint density at radius 1 is 0.952 bits per heavy atom. The van der Waals surface area contributed by atoms with Gasteiger partial charge in [0.1, 0.15) is 0 Å². The van der Waals surface area contributed by atoms with E-state index >= 15 is 0 Å². The van der Waals surface area contributed by atoms with E-state index in [9.17, 15) is 8.78 Å². The van der Waals surface area contributed by atoms with Gasteiger partial charge in [0.2, 0.25) is 0 Å². The van der Waals surface area contributed by atoms with Crippen LogP contribution in [0.15, 0.2) is 30.3 Å². The van der Waals surface area contributed by atoms with E-state index in [2.05, 4.69) is 0 Å². The fourth-order valence-electron chi connectivity index (χ4n) is 2.22. The fourth-order valence-corrected chi connectivity index (χ4v) is 2.22. The van der Waals surface area contributed by atoms with E-state index in [4.69, 9.17) is 15.2 Å². The van der Waals surface area contributed by atoms with Crippen molar-refractivity contribution in [3.05, 3.63) is 58.7 Å². The predicted molar refractivity (Wildman–Crippen MR) is 76.7 cm³/mol. The SMILES string of the molecule is COc1cc(C)c(C(N)c2ccc(F)c(F)c2)cc1OC. The van der Waals surface area contributed by atoms with Crippen LogP contribution in [0.3, 0.4) is 0 Å². The average molecular weight is 293 g/mol. The number of hydrogen-bond acceptors (Lipinski definition) is 3. The molecule has 1 atom stereocenters. The molecule has 2 aromatic carbocycles. The lowest BCUT2D eigenvalue weighted by molar-refractivity contribution is 0.354. The molecule has 0 aliphatic rings. The zero-order valence-corrected chi connectivity index (χ0v) is 12.1. The maximum Gasteiger partial charge on any atom is 0.161 e. The van der Waals surface area contributed by atoms with Crippen molar-refractivity contribution in [2.75, 3.05) is 14.2 Å². The number of ether oxygens (including phenoxy) is 2. The molecule has 0 fully saturated rings. The Morgan fingerprint density at radius 2 is 1.57 bits per heavy atom. The smallest absolute Gasteiger partial charge is 0.161 e. The summed E-state index contributed by atoms with van der Waals surface area (Å²) in [7, 11) is 3.08. The summed E-state index contributed by atoms with van der Waals surface area (Å²) in [5.74, 6) is -0.677. The minimum atomic E-state index is -0.916. The third kappa shape index (κ3) is 2.97. The first-order valence-corrected chi connectivity index (χ1v) is 6.41. The predicted octanol–water partition coefficient (Wildman–Crippen LogP) is 3.34. The second-order valence-electron chi connectivity index (χ2n) is 4.71. The van der Waals surface area contributed by atoms with Gasteiger partial charge in [0, 0.05) is 0 Å². The Hall–Kier alpha value is -2.14. The Balaban J connectivity index is 2.47. The van der Waals surface area contributed by atoms with Crippen molar-refractivity contribution in [3.8, 4) is 11.5 Å². The number of benzene rings is 2. The molecule has 2 N–H and O–H groups in total. The van der Waals surface area contributed by atoms with Gasteiger partial charge in [-0.2, -0.15) is 0 Å². The van der Waals surface area contributed by atoms with E-state index in [0.29, 0.717) is 17.1 Å². The molecule has 0 aromatic heterocycles. The molecular weight excluding hydrogens is 276 g/mol. The normalized spacial score (nSPS) is 12.1. The summed E-state index contributed by atoms with van der Waals surface area (Å²) in [5.41, 5.74) is 8.30. The molecule has 112 valence electrons. The summed E-state index contributed by atoms with van der Waals surface area (Å²) in [4.78, 5) is 0. The molecule has 0 bridgehead atoms. The number of aryl methyl sites for hydroxylation is 1. The molecule has 0 aliphatic carbocycles. The van der Waals surface area contributed by atoms with Gasteiger partial charge in [-0.1, -0.05) is 6.07 Å². The van der Waals surface area contributed by atoms with Gasteiger partial charge >= 0.3 is 0 Å². The van der Waals surface area contributed by atoms with E-state index in [1.54, 1.807) is 19.2 Å². The van der Waals surface area contributed by atoms with Gasteiger partial charge < -0.3 is 15.2 Å². The monoisotopic (exact) mass is 293 g/mol. The number of halogens is 2. The van der Waals surface area contributed by atoms with Gasteiger partial charge in [-0.3, -0.25) is 0 Å². The summed E-state index contributed by atoms with van der Waals surface area (Å²) in [6, 6.07) is 6.61. The molecule has 1 unspecified atom stereocenters. The minimum Gasteiger partial charge on any atom is -0.493 e. The first-order chi connectivity index (χ1) is 9.97. The van der Waals surface area contributed by atoms with Gasteiger partial charge in [0.25, 0.3) is 0 Å². The van der Waals surface area contributed by atoms with E-state index < -0.39 is 17.7 Å². The van der Waals surface area contributed by atoms with Crippen LogP contribution in [-0.2, 0) is 0 Å². The maximum atomic E-state index is 13.3. The van der Waals surface area contributed by atoms with Crippen LogP contribution in [0, 0.1) is 18.6 Å². The number of nitrogens with two attached hydrogens (primary N) is 1. The van der Waals surface area contributed by atoms with Gasteiger partial charge in [0.15, 0.2) is 23.1 Å². The zero-order chi connectivity index (χ0) is 15.6. The summed E-state index contributed by atoms with van der Waals surface area (Å²) >= 11 is 0. The molecule has 0 saturated heterocycles. The van der Waals surface area contributed by atoms with Crippen LogP contribution < -0.4 is 15.2 Å². The second-order valence-corrected chi connectivity index (χ2v) is 4.71. The number of methoxy groups -OCH3 is 2. The Labute approximate surface area is 122 Å². The quantitative estimate of drug-likeness (QED) is 0.940. The van der Waals surface area contributed by atoms with Crippen LogP contribution in [0.1, 0.15) is 22.7 Å². The van der Waals surface area contributed by atoms with Gasteiger partial charge in [0.05, 0.1) is 20.3 Å². The molecule has 21 heavy (non-hydrogen) atoms. The van der Waals surface area contributed by atoms with Crippen LogP contribution in [0.4, 0.5) is 8.78 Å². The van der Waals surface area contributed by atoms with Gasteiger partial charge in [-0.25, -0.2) is 8.78 Å². The first kappa shape index (κ1) is 15.3. The van der Waals surface area contributed by atoms with Crippen molar-refractivity contribution < 1.29 is 18.3 Å². The van der Waals surface area contributed by atoms with E-state index in [0.717, 1.165) is 23.3 Å². The Bertz CT molecular complexity index is 659. The molecule has 5 heteroatoms. The Kier molecular flexibility index (Phi) is 4.43.